The molecule has 1 aromatic carbocycles. The molecular weight excluding hydrogens is 263 g/mol. The van der Waals surface area contributed by atoms with Crippen molar-refractivity contribution in [2.24, 2.45) is 0 Å². The van der Waals surface area contributed by atoms with Gasteiger partial charge in [-0.05, 0) is 31.0 Å². The van der Waals surface area contributed by atoms with Crippen molar-refractivity contribution in [1.82, 2.24) is 0 Å². The van der Waals surface area contributed by atoms with Crippen LogP contribution >= 0.6 is 23.2 Å². The number of aliphatic hydroxyl groups excluding tert-OH is 1. The molecule has 0 bridgehead atoms. The van der Waals surface area contributed by atoms with Crippen LogP contribution in [0.1, 0.15) is 19.3 Å². The van der Waals surface area contributed by atoms with Gasteiger partial charge in [0, 0.05) is 11.4 Å². The Kier molecular flexibility index (Phi) is 4.51. The third kappa shape index (κ3) is 3.49. The highest BCUT2D eigenvalue weighted by Crippen LogP contribution is 2.30. The number of hydrogen-bond acceptors (Lipinski definition) is 3. The average molecular weight is 277 g/mol. The van der Waals surface area contributed by atoms with Crippen molar-refractivity contribution in [2.75, 3.05) is 6.61 Å². The van der Waals surface area contributed by atoms with E-state index in [1.54, 1.807) is 18.2 Å². The maximum Gasteiger partial charge on any atom is 0.200 e. The molecule has 0 aliphatic carbocycles. The fourth-order valence-corrected chi connectivity index (χ4v) is 2.25. The molecule has 94 valence electrons. The largest absolute Gasteiger partial charge is 0.463 e. The van der Waals surface area contributed by atoms with E-state index < -0.39 is 0 Å². The van der Waals surface area contributed by atoms with Crippen molar-refractivity contribution < 1.29 is 14.6 Å². The summed E-state index contributed by atoms with van der Waals surface area (Å²) < 4.78 is 11.2. The standard InChI is InChI=1S/C12H14Cl2O3/c13-8-4-5-11(10(14)6-8)17-12-3-1-2-9(7-15)16-12/h4-6,9,12,15H,1-3,7H2. The molecule has 0 spiro atoms. The molecule has 17 heavy (non-hydrogen) atoms. The van der Waals surface area contributed by atoms with Gasteiger partial charge in [-0.25, -0.2) is 0 Å². The van der Waals surface area contributed by atoms with E-state index in [2.05, 4.69) is 0 Å². The second-order valence-corrected chi connectivity index (χ2v) is 4.84. The Hall–Kier alpha value is -0.480. The number of hydrogen-bond donors (Lipinski definition) is 1. The van der Waals surface area contributed by atoms with Crippen LogP contribution in [0.15, 0.2) is 18.2 Å². The quantitative estimate of drug-likeness (QED) is 0.921. The van der Waals surface area contributed by atoms with Gasteiger partial charge in [0.2, 0.25) is 0 Å². The minimum Gasteiger partial charge on any atom is -0.463 e. The van der Waals surface area contributed by atoms with Crippen molar-refractivity contribution in [3.05, 3.63) is 28.2 Å². The first kappa shape index (κ1) is 13.0. The first-order valence-electron chi connectivity index (χ1n) is 5.57. The summed E-state index contributed by atoms with van der Waals surface area (Å²) in [4.78, 5) is 0. The lowest BCUT2D eigenvalue weighted by molar-refractivity contribution is -0.158. The fraction of sp³-hybridized carbons (Fsp3) is 0.500. The molecule has 5 heteroatoms. The molecule has 0 radical (unpaired) electrons. The maximum atomic E-state index is 9.04. The minimum absolute atomic E-state index is 0.0220. The second-order valence-electron chi connectivity index (χ2n) is 3.99. The fourth-order valence-electron chi connectivity index (χ4n) is 1.80. The van der Waals surface area contributed by atoms with Crippen LogP contribution in [0.5, 0.6) is 5.75 Å². The summed E-state index contributed by atoms with van der Waals surface area (Å²) in [5.74, 6) is 0.555. The summed E-state index contributed by atoms with van der Waals surface area (Å²) in [6, 6.07) is 5.07. The Morgan fingerprint density at radius 1 is 1.35 bits per heavy atom. The lowest BCUT2D eigenvalue weighted by Crippen LogP contribution is -2.33. The van der Waals surface area contributed by atoms with Crippen LogP contribution in [0.4, 0.5) is 0 Å². The van der Waals surface area contributed by atoms with Crippen molar-refractivity contribution in [3.8, 4) is 5.75 Å². The topological polar surface area (TPSA) is 38.7 Å². The number of benzene rings is 1. The molecule has 3 nitrogen and oxygen atoms in total. The van der Waals surface area contributed by atoms with Gasteiger partial charge in [0.25, 0.3) is 0 Å². The van der Waals surface area contributed by atoms with E-state index in [9.17, 15) is 0 Å². The monoisotopic (exact) mass is 276 g/mol. The second kappa shape index (κ2) is 5.91. The summed E-state index contributed by atoms with van der Waals surface area (Å²) in [6.07, 6.45) is 2.15. The minimum atomic E-state index is -0.348. The number of halogens is 2. The van der Waals surface area contributed by atoms with Gasteiger partial charge in [-0.3, -0.25) is 0 Å². The molecule has 1 heterocycles. The molecule has 0 amide bonds. The highest BCUT2D eigenvalue weighted by Gasteiger charge is 2.23. The Balaban J connectivity index is 2.00. The summed E-state index contributed by atoms with van der Waals surface area (Å²) >= 11 is 11.8. The normalized spacial score (nSPS) is 24.6. The van der Waals surface area contributed by atoms with E-state index in [1.807, 2.05) is 0 Å². The smallest absolute Gasteiger partial charge is 0.200 e. The zero-order chi connectivity index (χ0) is 12.3. The highest BCUT2D eigenvalue weighted by atomic mass is 35.5. The van der Waals surface area contributed by atoms with Gasteiger partial charge in [-0.1, -0.05) is 23.2 Å². The van der Waals surface area contributed by atoms with E-state index in [0.29, 0.717) is 15.8 Å². The van der Waals surface area contributed by atoms with E-state index in [0.717, 1.165) is 19.3 Å². The van der Waals surface area contributed by atoms with Crippen LogP contribution in [0.25, 0.3) is 0 Å². The van der Waals surface area contributed by atoms with Gasteiger partial charge in [0.05, 0.1) is 17.7 Å². The molecule has 0 aromatic heterocycles. The Labute approximate surface area is 110 Å². The first-order chi connectivity index (χ1) is 8.19. The Morgan fingerprint density at radius 3 is 2.88 bits per heavy atom. The summed E-state index contributed by atoms with van der Waals surface area (Å²) in [6.45, 7) is 0.0220. The predicted molar refractivity (Wildman–Crippen MR) is 66.7 cm³/mol. The maximum absolute atomic E-state index is 9.04. The van der Waals surface area contributed by atoms with Crippen molar-refractivity contribution in [2.45, 2.75) is 31.7 Å². The van der Waals surface area contributed by atoms with Gasteiger partial charge in [-0.15, -0.1) is 0 Å². The van der Waals surface area contributed by atoms with Crippen molar-refractivity contribution in [1.29, 1.82) is 0 Å². The summed E-state index contributed by atoms with van der Waals surface area (Å²) in [5, 5.41) is 10.1. The summed E-state index contributed by atoms with van der Waals surface area (Å²) in [5.41, 5.74) is 0. The molecule has 2 unspecified atom stereocenters. The van der Waals surface area contributed by atoms with Crippen LogP contribution in [-0.4, -0.2) is 24.1 Å². The molecule has 1 aliphatic rings. The zero-order valence-electron chi connectivity index (χ0n) is 9.23. The van der Waals surface area contributed by atoms with Crippen LogP contribution in [-0.2, 0) is 4.74 Å². The van der Waals surface area contributed by atoms with E-state index in [-0.39, 0.29) is 19.0 Å². The van der Waals surface area contributed by atoms with E-state index in [4.69, 9.17) is 37.8 Å². The van der Waals surface area contributed by atoms with Crippen LogP contribution in [0, 0.1) is 0 Å². The molecule has 1 aromatic rings. The molecule has 1 saturated heterocycles. The van der Waals surface area contributed by atoms with Gasteiger partial charge in [0.15, 0.2) is 6.29 Å². The zero-order valence-corrected chi connectivity index (χ0v) is 10.7. The lowest BCUT2D eigenvalue weighted by atomic mass is 10.1. The third-order valence-corrected chi connectivity index (χ3v) is 3.20. The van der Waals surface area contributed by atoms with Gasteiger partial charge >= 0.3 is 0 Å². The Bertz CT molecular complexity index is 384. The molecule has 2 atom stereocenters. The molecule has 0 saturated carbocycles. The molecule has 2 rings (SSSR count). The number of ether oxygens (including phenoxy) is 2. The Morgan fingerprint density at radius 2 is 2.18 bits per heavy atom. The van der Waals surface area contributed by atoms with Crippen molar-refractivity contribution >= 4 is 23.2 Å². The average Bonchev–Trinajstić information content (AvgIpc) is 2.33. The third-order valence-electron chi connectivity index (χ3n) is 2.67. The predicted octanol–water partition coefficient (Wildman–Crippen LogP) is 3.26. The van der Waals surface area contributed by atoms with Crippen LogP contribution in [0.3, 0.4) is 0 Å². The van der Waals surface area contributed by atoms with Gasteiger partial charge < -0.3 is 14.6 Å². The highest BCUT2D eigenvalue weighted by molar-refractivity contribution is 6.35. The molecular formula is C12H14Cl2O3. The van der Waals surface area contributed by atoms with Crippen molar-refractivity contribution in [3.63, 3.8) is 0 Å². The first-order valence-corrected chi connectivity index (χ1v) is 6.32. The molecule has 1 fully saturated rings. The van der Waals surface area contributed by atoms with Crippen LogP contribution < -0.4 is 4.74 Å². The molecule has 1 N–H and O–H groups in total. The van der Waals surface area contributed by atoms with E-state index >= 15 is 0 Å². The van der Waals surface area contributed by atoms with Gasteiger partial charge in [0.1, 0.15) is 5.75 Å². The lowest BCUT2D eigenvalue weighted by Gasteiger charge is -2.29. The van der Waals surface area contributed by atoms with Crippen LogP contribution in [0.2, 0.25) is 10.0 Å². The summed E-state index contributed by atoms with van der Waals surface area (Å²) in [7, 11) is 0. The molecule has 1 aliphatic heterocycles. The number of rotatable bonds is 3. The SMILES string of the molecule is OCC1CCCC(Oc2ccc(Cl)cc2Cl)O1. The van der Waals surface area contributed by atoms with Gasteiger partial charge in [-0.2, -0.15) is 0 Å². The van der Waals surface area contributed by atoms with E-state index in [1.165, 1.54) is 0 Å². The number of aliphatic hydroxyl groups is 1.